The first-order chi connectivity index (χ1) is 22.1. The van der Waals surface area contributed by atoms with Gasteiger partial charge in [-0.15, -0.1) is 0 Å². The Balaban J connectivity index is 0.00000520. The van der Waals surface area contributed by atoms with Gasteiger partial charge in [-0.05, 0) is 62.3 Å². The molecule has 2 aliphatic heterocycles. The van der Waals surface area contributed by atoms with Crippen LogP contribution in [0.2, 0.25) is 0 Å². The highest BCUT2D eigenvalue weighted by Gasteiger charge is 2.39. The van der Waals surface area contributed by atoms with E-state index in [1.807, 2.05) is 55.5 Å². The number of carbonyl (C=O) groups excluding carboxylic acids is 4. The third kappa shape index (κ3) is 8.24. The quantitative estimate of drug-likeness (QED) is 0.138. The topological polar surface area (TPSA) is 74.8 Å². The molecule has 258 valence electrons. The fraction of sp³-hybridized carbons (Fsp3) is 0.487. The van der Waals surface area contributed by atoms with Crippen LogP contribution in [0, 0.1) is 12.3 Å². The summed E-state index contributed by atoms with van der Waals surface area (Å²) >= 11 is 0. The van der Waals surface area contributed by atoms with Crippen molar-refractivity contribution in [1.29, 1.82) is 0 Å². The van der Waals surface area contributed by atoms with E-state index in [1.165, 1.54) is 9.80 Å². The summed E-state index contributed by atoms with van der Waals surface area (Å²) in [7, 11) is 8.94. The number of fused-ring (bicyclic) bond motifs is 1. The van der Waals surface area contributed by atoms with E-state index in [0.717, 1.165) is 83.6 Å². The van der Waals surface area contributed by atoms with Crippen molar-refractivity contribution in [3.63, 3.8) is 0 Å². The van der Waals surface area contributed by atoms with Gasteiger partial charge in [0.25, 0.3) is 23.6 Å². The molecule has 0 saturated carbocycles. The van der Waals surface area contributed by atoms with Crippen LogP contribution in [-0.4, -0.2) is 110 Å². The molecule has 0 spiro atoms. The lowest BCUT2D eigenvalue weighted by atomic mass is 9.88. The zero-order valence-corrected chi connectivity index (χ0v) is 31.4. The molecule has 0 atom stereocenters. The van der Waals surface area contributed by atoms with E-state index in [1.54, 1.807) is 6.07 Å². The summed E-state index contributed by atoms with van der Waals surface area (Å²) in [6.45, 7) is 10.9. The van der Waals surface area contributed by atoms with Gasteiger partial charge in [-0.25, -0.2) is 0 Å². The molecule has 0 aliphatic carbocycles. The summed E-state index contributed by atoms with van der Waals surface area (Å²) in [4.78, 5) is 55.3. The molecule has 0 bridgehead atoms. The molecule has 3 aromatic rings. The lowest BCUT2D eigenvalue weighted by molar-refractivity contribution is -0.896. The van der Waals surface area contributed by atoms with Crippen LogP contribution in [0.4, 0.5) is 0 Å². The number of hydrogen-bond acceptors (Lipinski definition) is 4. The second-order valence-corrected chi connectivity index (χ2v) is 15.8. The number of carbonyl (C=O) groups is 4. The summed E-state index contributed by atoms with van der Waals surface area (Å²) in [6, 6.07) is 16.8. The normalized spacial score (nSPS) is 15.0. The molecule has 8 nitrogen and oxygen atoms in total. The van der Waals surface area contributed by atoms with E-state index < -0.39 is 0 Å². The Morgan fingerprint density at radius 2 is 1.12 bits per heavy atom. The van der Waals surface area contributed by atoms with Gasteiger partial charge in [0.2, 0.25) is 0 Å². The van der Waals surface area contributed by atoms with Gasteiger partial charge in [-0.1, -0.05) is 49.7 Å². The van der Waals surface area contributed by atoms with Gasteiger partial charge in [0.1, 0.15) is 0 Å². The van der Waals surface area contributed by atoms with E-state index in [4.69, 9.17) is 0 Å². The highest BCUT2D eigenvalue weighted by Crippen LogP contribution is 2.32. The van der Waals surface area contributed by atoms with Gasteiger partial charge < -0.3 is 25.9 Å². The van der Waals surface area contributed by atoms with E-state index in [-0.39, 0.29) is 46.0 Å². The minimum absolute atomic E-state index is 0. The SMILES string of the molecule is Cc1ccc2c(c1)C(=O)N(CCC[N+](C)(C)CCCCCC[N+](C)(C)CC(C)(C)CN1C(=O)c3cccc4cccc(c34)C1=O)C2=O.[Br-]. The predicted molar refractivity (Wildman–Crippen MR) is 186 cm³/mol. The monoisotopic (exact) mass is 719 g/mol. The van der Waals surface area contributed by atoms with Gasteiger partial charge >= 0.3 is 0 Å². The summed E-state index contributed by atoms with van der Waals surface area (Å²) in [6.07, 6.45) is 5.35. The van der Waals surface area contributed by atoms with Crippen molar-refractivity contribution in [2.45, 2.75) is 52.9 Å². The molecule has 5 rings (SSSR count). The fourth-order valence-electron chi connectivity index (χ4n) is 7.75. The molecule has 0 radical (unpaired) electrons. The molecule has 0 saturated heterocycles. The minimum atomic E-state index is -0.247. The maximum Gasteiger partial charge on any atom is 0.261 e. The van der Waals surface area contributed by atoms with Gasteiger partial charge in [0.15, 0.2) is 0 Å². The van der Waals surface area contributed by atoms with Crippen LogP contribution < -0.4 is 17.0 Å². The summed E-state index contributed by atoms with van der Waals surface area (Å²) in [5.74, 6) is -0.728. The Kier molecular flexibility index (Phi) is 11.4. The Morgan fingerprint density at radius 3 is 1.73 bits per heavy atom. The number of benzene rings is 3. The Hall–Kier alpha value is -3.40. The van der Waals surface area contributed by atoms with E-state index >= 15 is 0 Å². The Labute approximate surface area is 296 Å². The fourth-order valence-corrected chi connectivity index (χ4v) is 7.75. The predicted octanol–water partition coefficient (Wildman–Crippen LogP) is 3.17. The van der Waals surface area contributed by atoms with Crippen molar-refractivity contribution in [3.8, 4) is 0 Å². The molecule has 9 heteroatoms. The largest absolute Gasteiger partial charge is 1.00 e. The first-order valence-electron chi connectivity index (χ1n) is 17.1. The number of aryl methyl sites for hydroxylation is 1. The molecule has 2 aliphatic rings. The standard InChI is InChI=1S/C39H52N4O4.BrH/c1-28-19-20-30-33(25-28)38(47)40(35(30)44)21-14-24-42(4,5)22-10-8-9-11-23-43(6,7)27-39(2,3)26-41-36(45)31-17-12-15-29-16-13-18-32(34(29)31)37(41)46;/h12-13,15-20,25H,8-11,14,21-24,26-27H2,1-7H3;1H/q+2;/p-1. The van der Waals surface area contributed by atoms with Crippen LogP contribution in [0.3, 0.4) is 0 Å². The van der Waals surface area contributed by atoms with E-state index in [2.05, 4.69) is 42.0 Å². The summed E-state index contributed by atoms with van der Waals surface area (Å²) in [5, 5.41) is 1.70. The first-order valence-corrected chi connectivity index (χ1v) is 17.1. The lowest BCUT2D eigenvalue weighted by Gasteiger charge is -2.40. The Morgan fingerprint density at radius 1 is 0.604 bits per heavy atom. The van der Waals surface area contributed by atoms with Gasteiger partial charge in [0, 0.05) is 41.4 Å². The van der Waals surface area contributed by atoms with Crippen molar-refractivity contribution >= 4 is 34.4 Å². The summed E-state index contributed by atoms with van der Waals surface area (Å²) < 4.78 is 1.69. The molecule has 0 unspecified atom stereocenters. The van der Waals surface area contributed by atoms with Crippen LogP contribution >= 0.6 is 0 Å². The highest BCUT2D eigenvalue weighted by atomic mass is 79.9. The molecule has 2 heterocycles. The second-order valence-electron chi connectivity index (χ2n) is 15.8. The van der Waals surface area contributed by atoms with Gasteiger partial charge in [0.05, 0.1) is 65.5 Å². The molecular formula is C39H52BrN4O4+. The summed E-state index contributed by atoms with van der Waals surface area (Å²) in [5.41, 5.74) is 3.03. The van der Waals surface area contributed by atoms with Crippen LogP contribution in [0.1, 0.15) is 92.9 Å². The van der Waals surface area contributed by atoms with Crippen molar-refractivity contribution < 1.29 is 45.1 Å². The second kappa shape index (κ2) is 14.6. The molecule has 3 aromatic carbocycles. The molecule has 48 heavy (non-hydrogen) atoms. The van der Waals surface area contributed by atoms with Crippen LogP contribution in [0.25, 0.3) is 10.8 Å². The average Bonchev–Trinajstić information content (AvgIpc) is 3.23. The number of quaternary nitrogens is 2. The third-order valence-corrected chi connectivity index (χ3v) is 9.85. The Bertz CT molecular complexity index is 1660. The number of halogens is 1. The van der Waals surface area contributed by atoms with Gasteiger partial charge in [-0.3, -0.25) is 29.0 Å². The number of imide groups is 2. The molecular weight excluding hydrogens is 668 g/mol. The van der Waals surface area contributed by atoms with Crippen LogP contribution in [-0.2, 0) is 0 Å². The van der Waals surface area contributed by atoms with Crippen molar-refractivity contribution in [1.82, 2.24) is 9.80 Å². The number of rotatable bonds is 15. The molecule has 0 fully saturated rings. The highest BCUT2D eigenvalue weighted by molar-refractivity contribution is 6.25. The number of amides is 4. The molecule has 4 amide bonds. The van der Waals surface area contributed by atoms with Crippen LogP contribution in [0.5, 0.6) is 0 Å². The first kappa shape index (κ1) is 37.4. The number of hydrogen-bond donors (Lipinski definition) is 0. The average molecular weight is 721 g/mol. The minimum Gasteiger partial charge on any atom is -1.00 e. The molecule has 0 aromatic heterocycles. The zero-order valence-electron chi connectivity index (χ0n) is 29.8. The third-order valence-electron chi connectivity index (χ3n) is 9.85. The van der Waals surface area contributed by atoms with Crippen molar-refractivity contribution in [2.75, 3.05) is 67.5 Å². The molecule has 0 N–H and O–H groups in total. The maximum absolute atomic E-state index is 13.5. The number of unbranched alkanes of at least 4 members (excludes halogenated alkanes) is 3. The van der Waals surface area contributed by atoms with E-state index in [0.29, 0.717) is 35.3 Å². The lowest BCUT2D eigenvalue weighted by Crippen LogP contribution is -3.00. The maximum atomic E-state index is 13.5. The van der Waals surface area contributed by atoms with Crippen molar-refractivity contribution in [2.24, 2.45) is 5.41 Å². The zero-order chi connectivity index (χ0) is 34.1. The van der Waals surface area contributed by atoms with E-state index in [9.17, 15) is 19.2 Å². The van der Waals surface area contributed by atoms with Crippen LogP contribution in [0.15, 0.2) is 54.6 Å². The number of nitrogens with zero attached hydrogens (tertiary/aromatic N) is 4. The van der Waals surface area contributed by atoms with Gasteiger partial charge in [-0.2, -0.15) is 0 Å². The van der Waals surface area contributed by atoms with Crippen molar-refractivity contribution in [3.05, 3.63) is 82.4 Å². The smallest absolute Gasteiger partial charge is 0.261 e.